The van der Waals surface area contributed by atoms with E-state index in [0.717, 1.165) is 12.1 Å². The minimum Gasteiger partial charge on any atom is -0.314 e. The summed E-state index contributed by atoms with van der Waals surface area (Å²) in [5, 5.41) is 3.19. The quantitative estimate of drug-likeness (QED) is 0.893. The molecule has 1 amide bonds. The fourth-order valence-corrected chi connectivity index (χ4v) is 4.66. The molecular formula is C15H21N3O3S. The number of nitrogens with one attached hydrogen (secondary N) is 1. The van der Waals surface area contributed by atoms with Crippen LogP contribution in [0.2, 0.25) is 0 Å². The lowest BCUT2D eigenvalue weighted by molar-refractivity contribution is -0.117. The van der Waals surface area contributed by atoms with Gasteiger partial charge in [0, 0.05) is 44.3 Å². The molecule has 1 aromatic rings. The Labute approximate surface area is 131 Å². The van der Waals surface area contributed by atoms with Gasteiger partial charge in [-0.25, -0.2) is 8.42 Å². The molecule has 2 heterocycles. The van der Waals surface area contributed by atoms with Crippen LogP contribution in [0, 0.1) is 0 Å². The highest BCUT2D eigenvalue weighted by molar-refractivity contribution is 7.89. The van der Waals surface area contributed by atoms with Gasteiger partial charge in [0.2, 0.25) is 15.9 Å². The van der Waals surface area contributed by atoms with E-state index in [9.17, 15) is 13.2 Å². The number of amides is 1. The standard InChI is InChI=1S/C15H21N3O3S/c1-12-11-16-8-10-18(12)22(20,21)14-6-4-13(5-7-14)17-9-2-3-15(17)19/h4-7,12,16H,2-3,8-11H2,1H3. The molecule has 1 aromatic carbocycles. The minimum atomic E-state index is -3.48. The first-order valence-corrected chi connectivity index (χ1v) is 9.07. The average molecular weight is 323 g/mol. The van der Waals surface area contributed by atoms with E-state index < -0.39 is 10.0 Å². The summed E-state index contributed by atoms with van der Waals surface area (Å²) in [7, 11) is -3.48. The van der Waals surface area contributed by atoms with Gasteiger partial charge in [0.05, 0.1) is 4.90 Å². The molecule has 0 aliphatic carbocycles. The summed E-state index contributed by atoms with van der Waals surface area (Å²) in [6, 6.07) is 6.60. The number of carbonyl (C=O) groups excluding carboxylic acids is 1. The van der Waals surface area contributed by atoms with E-state index in [-0.39, 0.29) is 16.8 Å². The Hall–Kier alpha value is -1.44. The molecule has 0 bridgehead atoms. The van der Waals surface area contributed by atoms with Gasteiger partial charge in [-0.1, -0.05) is 0 Å². The first-order chi connectivity index (χ1) is 10.5. The second kappa shape index (κ2) is 5.98. The Bertz CT molecular complexity index is 657. The zero-order valence-corrected chi connectivity index (χ0v) is 13.5. The lowest BCUT2D eigenvalue weighted by Crippen LogP contribution is -2.52. The maximum atomic E-state index is 12.7. The minimum absolute atomic E-state index is 0.0569. The maximum absolute atomic E-state index is 12.7. The van der Waals surface area contributed by atoms with Crippen molar-refractivity contribution >= 4 is 21.6 Å². The summed E-state index contributed by atoms with van der Waals surface area (Å²) in [6.07, 6.45) is 1.43. The van der Waals surface area contributed by atoms with Gasteiger partial charge >= 0.3 is 0 Å². The lowest BCUT2D eigenvalue weighted by Gasteiger charge is -2.32. The largest absolute Gasteiger partial charge is 0.314 e. The van der Waals surface area contributed by atoms with Crippen molar-refractivity contribution in [3.63, 3.8) is 0 Å². The first-order valence-electron chi connectivity index (χ1n) is 7.63. The molecule has 2 aliphatic heterocycles. The van der Waals surface area contributed by atoms with Crippen molar-refractivity contribution in [1.82, 2.24) is 9.62 Å². The Balaban J connectivity index is 1.84. The normalized spacial score (nSPS) is 24.0. The van der Waals surface area contributed by atoms with Crippen LogP contribution in [0.3, 0.4) is 0 Å². The Morgan fingerprint density at radius 1 is 1.18 bits per heavy atom. The molecule has 2 aliphatic rings. The van der Waals surface area contributed by atoms with Crippen LogP contribution < -0.4 is 10.2 Å². The smallest absolute Gasteiger partial charge is 0.243 e. The number of hydrogen-bond donors (Lipinski definition) is 1. The van der Waals surface area contributed by atoms with E-state index in [2.05, 4.69) is 5.32 Å². The van der Waals surface area contributed by atoms with Gasteiger partial charge in [-0.15, -0.1) is 0 Å². The summed E-state index contributed by atoms with van der Waals surface area (Å²) in [6.45, 7) is 4.43. The summed E-state index contributed by atoms with van der Waals surface area (Å²) < 4.78 is 27.0. The molecule has 0 aromatic heterocycles. The molecule has 7 heteroatoms. The SMILES string of the molecule is CC1CNCCN1S(=O)(=O)c1ccc(N2CCCC2=O)cc1. The summed E-state index contributed by atoms with van der Waals surface area (Å²) >= 11 is 0. The highest BCUT2D eigenvalue weighted by Gasteiger charge is 2.31. The molecule has 0 radical (unpaired) electrons. The first kappa shape index (κ1) is 15.5. The van der Waals surface area contributed by atoms with E-state index >= 15 is 0 Å². The molecule has 0 saturated carbocycles. The van der Waals surface area contributed by atoms with Crippen molar-refractivity contribution in [2.75, 3.05) is 31.1 Å². The Morgan fingerprint density at radius 3 is 2.50 bits per heavy atom. The molecule has 6 nitrogen and oxygen atoms in total. The zero-order valence-electron chi connectivity index (χ0n) is 12.7. The maximum Gasteiger partial charge on any atom is 0.243 e. The van der Waals surface area contributed by atoms with Crippen LogP contribution >= 0.6 is 0 Å². The van der Waals surface area contributed by atoms with Gasteiger partial charge in [0.1, 0.15) is 0 Å². The van der Waals surface area contributed by atoms with Crippen LogP contribution in [0.5, 0.6) is 0 Å². The number of carbonyl (C=O) groups is 1. The number of hydrogen-bond acceptors (Lipinski definition) is 4. The number of sulfonamides is 1. The fourth-order valence-electron chi connectivity index (χ4n) is 3.03. The van der Waals surface area contributed by atoms with Crippen LogP contribution in [0.25, 0.3) is 0 Å². The summed E-state index contributed by atoms with van der Waals surface area (Å²) in [5.74, 6) is 0.103. The zero-order chi connectivity index (χ0) is 15.7. The van der Waals surface area contributed by atoms with E-state index in [1.165, 1.54) is 0 Å². The summed E-state index contributed by atoms with van der Waals surface area (Å²) in [5.41, 5.74) is 0.773. The number of anilines is 1. The van der Waals surface area contributed by atoms with E-state index in [4.69, 9.17) is 0 Å². The second-order valence-electron chi connectivity index (χ2n) is 5.81. The van der Waals surface area contributed by atoms with Gasteiger partial charge in [-0.3, -0.25) is 4.79 Å². The number of piperazine rings is 1. The molecule has 3 rings (SSSR count). The highest BCUT2D eigenvalue weighted by Crippen LogP contribution is 2.25. The van der Waals surface area contributed by atoms with Crippen LogP contribution in [-0.4, -0.2) is 50.9 Å². The van der Waals surface area contributed by atoms with Crippen molar-refractivity contribution in [1.29, 1.82) is 0 Å². The van der Waals surface area contributed by atoms with Gasteiger partial charge < -0.3 is 10.2 Å². The van der Waals surface area contributed by atoms with E-state index in [0.29, 0.717) is 32.6 Å². The average Bonchev–Trinajstić information content (AvgIpc) is 2.94. The third-order valence-electron chi connectivity index (χ3n) is 4.27. The highest BCUT2D eigenvalue weighted by atomic mass is 32.2. The molecule has 2 saturated heterocycles. The Kier molecular flexibility index (Phi) is 4.20. The van der Waals surface area contributed by atoms with Crippen molar-refractivity contribution < 1.29 is 13.2 Å². The van der Waals surface area contributed by atoms with Crippen LogP contribution in [0.15, 0.2) is 29.2 Å². The van der Waals surface area contributed by atoms with Crippen LogP contribution in [0.1, 0.15) is 19.8 Å². The van der Waals surface area contributed by atoms with Crippen molar-refractivity contribution in [2.45, 2.75) is 30.7 Å². The van der Waals surface area contributed by atoms with Crippen molar-refractivity contribution in [3.8, 4) is 0 Å². The number of nitrogens with zero attached hydrogens (tertiary/aromatic N) is 2. The summed E-state index contributed by atoms with van der Waals surface area (Å²) in [4.78, 5) is 13.7. The number of rotatable bonds is 3. The van der Waals surface area contributed by atoms with E-state index in [1.807, 2.05) is 6.92 Å². The third-order valence-corrected chi connectivity index (χ3v) is 6.30. The lowest BCUT2D eigenvalue weighted by atomic mass is 10.3. The van der Waals surface area contributed by atoms with Gasteiger partial charge in [0.15, 0.2) is 0 Å². The predicted octanol–water partition coefficient (Wildman–Crippen LogP) is 0.796. The molecule has 1 N–H and O–H groups in total. The molecular weight excluding hydrogens is 302 g/mol. The van der Waals surface area contributed by atoms with Gasteiger partial charge in [-0.05, 0) is 37.6 Å². The third kappa shape index (κ3) is 2.76. The second-order valence-corrected chi connectivity index (χ2v) is 7.70. The Morgan fingerprint density at radius 2 is 1.91 bits per heavy atom. The van der Waals surface area contributed by atoms with Crippen molar-refractivity contribution in [3.05, 3.63) is 24.3 Å². The molecule has 1 atom stereocenters. The van der Waals surface area contributed by atoms with Crippen LogP contribution in [0.4, 0.5) is 5.69 Å². The molecule has 2 fully saturated rings. The van der Waals surface area contributed by atoms with E-state index in [1.54, 1.807) is 33.5 Å². The predicted molar refractivity (Wildman–Crippen MR) is 84.3 cm³/mol. The molecule has 0 spiro atoms. The van der Waals surface area contributed by atoms with Gasteiger partial charge in [0.25, 0.3) is 0 Å². The molecule has 120 valence electrons. The topological polar surface area (TPSA) is 69.7 Å². The van der Waals surface area contributed by atoms with Crippen molar-refractivity contribution in [2.24, 2.45) is 0 Å². The number of benzene rings is 1. The van der Waals surface area contributed by atoms with Gasteiger partial charge in [-0.2, -0.15) is 4.31 Å². The molecule has 1 unspecified atom stereocenters. The molecule has 22 heavy (non-hydrogen) atoms. The monoisotopic (exact) mass is 323 g/mol. The fraction of sp³-hybridized carbons (Fsp3) is 0.533. The van der Waals surface area contributed by atoms with Crippen LogP contribution in [-0.2, 0) is 14.8 Å².